The van der Waals surface area contributed by atoms with Crippen LogP contribution in [-0.4, -0.2) is 9.97 Å². The van der Waals surface area contributed by atoms with Crippen LogP contribution in [-0.2, 0) is 0 Å². The summed E-state index contributed by atoms with van der Waals surface area (Å²) < 4.78 is 13.4. The van der Waals surface area contributed by atoms with E-state index < -0.39 is 0 Å². The second kappa shape index (κ2) is 4.49. The van der Waals surface area contributed by atoms with Crippen molar-refractivity contribution in [1.82, 2.24) is 9.97 Å². The lowest BCUT2D eigenvalue weighted by Crippen LogP contribution is -1.96. The Morgan fingerprint density at radius 2 is 2.00 bits per heavy atom. The molecule has 0 unspecified atom stereocenters. The Bertz CT molecular complexity index is 496. The van der Waals surface area contributed by atoms with Crippen molar-refractivity contribution in [3.05, 3.63) is 42.0 Å². The molecule has 0 amide bonds. The molecule has 2 aromatic rings. The van der Waals surface area contributed by atoms with E-state index in [2.05, 4.69) is 9.97 Å². The van der Waals surface area contributed by atoms with Gasteiger partial charge in [0.15, 0.2) is 0 Å². The molecule has 5 heteroatoms. The Balaban J connectivity index is 2.30. The molecule has 0 bridgehead atoms. The van der Waals surface area contributed by atoms with Crippen molar-refractivity contribution in [2.75, 3.05) is 5.73 Å². The highest BCUT2D eigenvalue weighted by molar-refractivity contribution is 7.99. The molecule has 0 radical (unpaired) electrons. The Labute approximate surface area is 96.9 Å². The summed E-state index contributed by atoms with van der Waals surface area (Å²) in [4.78, 5) is 8.66. The normalized spacial score (nSPS) is 10.4. The molecular weight excluding hydrogens is 225 g/mol. The van der Waals surface area contributed by atoms with Gasteiger partial charge in [-0.05, 0) is 19.1 Å². The number of aryl methyl sites for hydroxylation is 1. The molecule has 82 valence electrons. The maximum Gasteiger partial charge on any atom is 0.137 e. The summed E-state index contributed by atoms with van der Waals surface area (Å²) >= 11 is 1.24. The molecule has 0 aliphatic carbocycles. The molecule has 1 heterocycles. The van der Waals surface area contributed by atoms with Gasteiger partial charge in [-0.15, -0.1) is 0 Å². The minimum atomic E-state index is -0.262. The van der Waals surface area contributed by atoms with Gasteiger partial charge in [0.25, 0.3) is 0 Å². The molecule has 16 heavy (non-hydrogen) atoms. The first-order chi connectivity index (χ1) is 7.65. The van der Waals surface area contributed by atoms with Crippen molar-refractivity contribution in [2.24, 2.45) is 0 Å². The van der Waals surface area contributed by atoms with E-state index in [0.29, 0.717) is 21.6 Å². The van der Waals surface area contributed by atoms with Gasteiger partial charge in [-0.25, -0.2) is 14.4 Å². The summed E-state index contributed by atoms with van der Waals surface area (Å²) in [7, 11) is 0. The molecular formula is C11H10FN3S. The maximum atomic E-state index is 13.4. The van der Waals surface area contributed by atoms with Gasteiger partial charge in [0.1, 0.15) is 22.5 Å². The highest BCUT2D eigenvalue weighted by atomic mass is 32.2. The molecule has 0 saturated heterocycles. The smallest absolute Gasteiger partial charge is 0.137 e. The van der Waals surface area contributed by atoms with E-state index in [4.69, 9.17) is 5.73 Å². The van der Waals surface area contributed by atoms with E-state index in [1.807, 2.05) is 0 Å². The molecule has 2 N–H and O–H groups in total. The lowest BCUT2D eigenvalue weighted by molar-refractivity contribution is 0.602. The van der Waals surface area contributed by atoms with Crippen molar-refractivity contribution in [1.29, 1.82) is 0 Å². The predicted octanol–water partition coefficient (Wildman–Crippen LogP) is 2.66. The fourth-order valence-corrected chi connectivity index (χ4v) is 2.15. The molecule has 1 aromatic heterocycles. The van der Waals surface area contributed by atoms with Crippen LogP contribution in [0, 0.1) is 12.7 Å². The second-order valence-corrected chi connectivity index (χ2v) is 4.27. The number of hydrogen-bond acceptors (Lipinski definition) is 4. The molecule has 0 aliphatic heterocycles. The van der Waals surface area contributed by atoms with Gasteiger partial charge in [0.2, 0.25) is 0 Å². The third-order valence-electron chi connectivity index (χ3n) is 1.89. The fraction of sp³-hybridized carbons (Fsp3) is 0.0909. The summed E-state index contributed by atoms with van der Waals surface area (Å²) in [6.45, 7) is 1.75. The largest absolute Gasteiger partial charge is 0.384 e. The summed E-state index contributed by atoms with van der Waals surface area (Å²) in [6, 6.07) is 8.18. The van der Waals surface area contributed by atoms with Crippen molar-refractivity contribution >= 4 is 17.6 Å². The van der Waals surface area contributed by atoms with Gasteiger partial charge in [0, 0.05) is 11.0 Å². The minimum absolute atomic E-state index is 0.262. The van der Waals surface area contributed by atoms with Crippen LogP contribution in [0.2, 0.25) is 0 Å². The first-order valence-corrected chi connectivity index (χ1v) is 5.50. The maximum absolute atomic E-state index is 13.4. The fourth-order valence-electron chi connectivity index (χ4n) is 1.25. The topological polar surface area (TPSA) is 51.8 Å². The van der Waals surface area contributed by atoms with Crippen LogP contribution in [0.15, 0.2) is 40.3 Å². The first-order valence-electron chi connectivity index (χ1n) is 4.69. The number of benzene rings is 1. The molecule has 1 aromatic carbocycles. The van der Waals surface area contributed by atoms with E-state index in [-0.39, 0.29) is 5.82 Å². The van der Waals surface area contributed by atoms with E-state index in [1.165, 1.54) is 17.8 Å². The number of nitrogen functional groups attached to an aromatic ring is 1. The van der Waals surface area contributed by atoms with Gasteiger partial charge >= 0.3 is 0 Å². The van der Waals surface area contributed by atoms with Gasteiger partial charge in [0.05, 0.1) is 0 Å². The van der Waals surface area contributed by atoms with Gasteiger partial charge in [-0.2, -0.15) is 0 Å². The Morgan fingerprint density at radius 1 is 1.25 bits per heavy atom. The third-order valence-corrected chi connectivity index (χ3v) is 2.85. The Morgan fingerprint density at radius 3 is 2.69 bits per heavy atom. The number of rotatable bonds is 2. The molecule has 0 spiro atoms. The predicted molar refractivity (Wildman–Crippen MR) is 61.7 cm³/mol. The minimum Gasteiger partial charge on any atom is -0.384 e. The lowest BCUT2D eigenvalue weighted by atomic mass is 10.3. The second-order valence-electron chi connectivity index (χ2n) is 3.21. The Kier molecular flexibility index (Phi) is 3.05. The molecule has 0 fully saturated rings. The zero-order chi connectivity index (χ0) is 11.5. The lowest BCUT2D eigenvalue weighted by Gasteiger charge is -2.03. The summed E-state index contributed by atoms with van der Waals surface area (Å²) in [5.74, 6) is 0.715. The number of nitrogens with zero attached hydrogens (tertiary/aromatic N) is 2. The van der Waals surface area contributed by atoms with Crippen molar-refractivity contribution in [3.8, 4) is 0 Å². The van der Waals surface area contributed by atoms with Crippen LogP contribution in [0.3, 0.4) is 0 Å². The van der Waals surface area contributed by atoms with Gasteiger partial charge in [-0.3, -0.25) is 0 Å². The van der Waals surface area contributed by atoms with Crippen LogP contribution < -0.4 is 5.73 Å². The highest BCUT2D eigenvalue weighted by Crippen LogP contribution is 2.28. The Hall–Kier alpha value is -1.62. The quantitative estimate of drug-likeness (QED) is 0.813. The molecule has 0 saturated carbocycles. The van der Waals surface area contributed by atoms with Gasteiger partial charge in [-0.1, -0.05) is 23.9 Å². The van der Waals surface area contributed by atoms with Crippen molar-refractivity contribution in [2.45, 2.75) is 16.8 Å². The number of anilines is 1. The number of halogens is 1. The molecule has 2 rings (SSSR count). The summed E-state index contributed by atoms with van der Waals surface area (Å²) in [5, 5.41) is 0.648. The van der Waals surface area contributed by atoms with E-state index in [9.17, 15) is 4.39 Å². The number of nitrogens with two attached hydrogens (primary N) is 1. The van der Waals surface area contributed by atoms with Crippen LogP contribution in [0.25, 0.3) is 0 Å². The zero-order valence-corrected chi connectivity index (χ0v) is 9.46. The average Bonchev–Trinajstić information content (AvgIpc) is 2.20. The standard InChI is InChI=1S/C11H10FN3S/c1-7-14-10(13)6-11(15-7)16-9-5-3-2-4-8(9)12/h2-6H,1H3,(H2,13,14,15). The van der Waals surface area contributed by atoms with Crippen LogP contribution in [0.4, 0.5) is 10.2 Å². The monoisotopic (exact) mass is 235 g/mol. The van der Waals surface area contributed by atoms with Crippen molar-refractivity contribution in [3.63, 3.8) is 0 Å². The summed E-state index contributed by atoms with van der Waals surface area (Å²) in [5.41, 5.74) is 5.59. The molecule has 0 atom stereocenters. The average molecular weight is 235 g/mol. The first kappa shape index (κ1) is 10.9. The third kappa shape index (κ3) is 2.49. The number of aromatic nitrogens is 2. The van der Waals surface area contributed by atoms with E-state index >= 15 is 0 Å². The zero-order valence-electron chi connectivity index (χ0n) is 8.64. The van der Waals surface area contributed by atoms with Crippen molar-refractivity contribution < 1.29 is 4.39 Å². The SMILES string of the molecule is Cc1nc(N)cc(Sc2ccccc2F)n1. The van der Waals surface area contributed by atoms with Crippen LogP contribution in [0.5, 0.6) is 0 Å². The van der Waals surface area contributed by atoms with Gasteiger partial charge < -0.3 is 5.73 Å². The van der Waals surface area contributed by atoms with Crippen LogP contribution in [0.1, 0.15) is 5.82 Å². The van der Waals surface area contributed by atoms with E-state index in [1.54, 1.807) is 31.2 Å². The van der Waals surface area contributed by atoms with E-state index in [0.717, 1.165) is 0 Å². The molecule has 0 aliphatic rings. The summed E-state index contributed by atoms with van der Waals surface area (Å²) in [6.07, 6.45) is 0. The molecule has 3 nitrogen and oxygen atoms in total. The van der Waals surface area contributed by atoms with Crippen LogP contribution >= 0.6 is 11.8 Å². The highest BCUT2D eigenvalue weighted by Gasteiger charge is 2.05. The number of hydrogen-bond donors (Lipinski definition) is 1.